The van der Waals surface area contributed by atoms with Gasteiger partial charge in [-0.15, -0.1) is 0 Å². The molecule has 0 spiro atoms. The van der Waals surface area contributed by atoms with Gasteiger partial charge in [0.2, 0.25) is 0 Å². The van der Waals surface area contributed by atoms with Gasteiger partial charge in [-0.3, -0.25) is 4.98 Å². The quantitative estimate of drug-likeness (QED) is 0.864. The summed E-state index contributed by atoms with van der Waals surface area (Å²) in [5, 5.41) is 10.2. The molecule has 2 aromatic rings. The Labute approximate surface area is 107 Å². The second-order valence-electron chi connectivity index (χ2n) is 4.52. The lowest BCUT2D eigenvalue weighted by Gasteiger charge is -2.13. The number of pyridine rings is 2. The second-order valence-corrected chi connectivity index (χ2v) is 4.52. The first kappa shape index (κ1) is 12.5. The van der Waals surface area contributed by atoms with Crippen molar-refractivity contribution >= 4 is 5.82 Å². The molecular weight excluding hydrogens is 226 g/mol. The number of aromatic nitrogens is 2. The molecular formula is C14H17N3O. The van der Waals surface area contributed by atoms with Crippen LogP contribution in [0.4, 0.5) is 5.82 Å². The van der Waals surface area contributed by atoms with Crippen LogP contribution in [0.5, 0.6) is 0 Å². The largest absolute Gasteiger partial charge is 0.386 e. The van der Waals surface area contributed by atoms with E-state index in [1.807, 2.05) is 26.0 Å². The molecule has 3 N–H and O–H groups in total. The summed E-state index contributed by atoms with van der Waals surface area (Å²) in [6, 6.07) is 5.64. The molecule has 2 aromatic heterocycles. The zero-order chi connectivity index (χ0) is 13.1. The van der Waals surface area contributed by atoms with E-state index in [-0.39, 0.29) is 0 Å². The molecule has 94 valence electrons. The van der Waals surface area contributed by atoms with Crippen LogP contribution in [0.15, 0.2) is 30.6 Å². The van der Waals surface area contributed by atoms with Gasteiger partial charge < -0.3 is 10.8 Å². The van der Waals surface area contributed by atoms with Crippen molar-refractivity contribution in [2.75, 3.05) is 5.73 Å². The number of aliphatic hydroxyl groups is 1. The van der Waals surface area contributed by atoms with E-state index < -0.39 is 6.10 Å². The van der Waals surface area contributed by atoms with Gasteiger partial charge in [0.25, 0.3) is 0 Å². The molecule has 1 unspecified atom stereocenters. The zero-order valence-electron chi connectivity index (χ0n) is 10.6. The maximum Gasteiger partial charge on any atom is 0.123 e. The molecule has 0 aliphatic carbocycles. The summed E-state index contributed by atoms with van der Waals surface area (Å²) in [5.74, 6) is 0.466. The molecule has 1 atom stereocenters. The smallest absolute Gasteiger partial charge is 0.123 e. The molecule has 0 saturated heterocycles. The van der Waals surface area contributed by atoms with Crippen molar-refractivity contribution in [1.29, 1.82) is 0 Å². The minimum atomic E-state index is -0.618. The Bertz CT molecular complexity index is 554. The molecule has 4 nitrogen and oxygen atoms in total. The molecule has 18 heavy (non-hydrogen) atoms. The third-order valence-electron chi connectivity index (χ3n) is 2.85. The second kappa shape index (κ2) is 5.14. The highest BCUT2D eigenvalue weighted by molar-refractivity contribution is 5.33. The van der Waals surface area contributed by atoms with Crippen LogP contribution < -0.4 is 5.73 Å². The van der Waals surface area contributed by atoms with Gasteiger partial charge in [0.15, 0.2) is 0 Å². The monoisotopic (exact) mass is 243 g/mol. The number of hydrogen-bond acceptors (Lipinski definition) is 4. The van der Waals surface area contributed by atoms with E-state index in [1.54, 1.807) is 18.5 Å². The van der Waals surface area contributed by atoms with Crippen molar-refractivity contribution in [3.8, 4) is 0 Å². The van der Waals surface area contributed by atoms with Crippen LogP contribution in [0.1, 0.15) is 28.5 Å². The molecule has 0 amide bonds. The SMILES string of the molecule is Cc1cnc(C(O)Cc2ccnc(N)c2)c(C)c1. The van der Waals surface area contributed by atoms with Crippen LogP contribution in [-0.4, -0.2) is 15.1 Å². The summed E-state index contributed by atoms with van der Waals surface area (Å²) in [5.41, 5.74) is 9.39. The van der Waals surface area contributed by atoms with Gasteiger partial charge in [0, 0.05) is 18.8 Å². The predicted octanol–water partition coefficient (Wildman–Crippen LogP) is 1.95. The van der Waals surface area contributed by atoms with Crippen molar-refractivity contribution < 1.29 is 5.11 Å². The molecule has 4 heteroatoms. The van der Waals surface area contributed by atoms with Gasteiger partial charge in [-0.05, 0) is 42.7 Å². The average Bonchev–Trinajstić information content (AvgIpc) is 2.28. The molecule has 0 fully saturated rings. The highest BCUT2D eigenvalue weighted by Gasteiger charge is 2.13. The number of nitrogen functional groups attached to an aromatic ring is 1. The maximum absolute atomic E-state index is 10.2. The van der Waals surface area contributed by atoms with Crippen LogP contribution in [0.3, 0.4) is 0 Å². The standard InChI is InChI=1S/C14H17N3O/c1-9-5-10(2)14(17-8-9)12(18)6-11-3-4-16-13(15)7-11/h3-5,7-8,12,18H,6H2,1-2H3,(H2,15,16). The average molecular weight is 243 g/mol. The first-order valence-corrected chi connectivity index (χ1v) is 5.88. The van der Waals surface area contributed by atoms with E-state index in [9.17, 15) is 5.11 Å². The number of rotatable bonds is 3. The molecule has 0 radical (unpaired) electrons. The summed E-state index contributed by atoms with van der Waals surface area (Å²) in [4.78, 5) is 8.23. The van der Waals surface area contributed by atoms with E-state index in [2.05, 4.69) is 9.97 Å². The molecule has 2 rings (SSSR count). The molecule has 0 saturated carbocycles. The van der Waals surface area contributed by atoms with Gasteiger partial charge >= 0.3 is 0 Å². The lowest BCUT2D eigenvalue weighted by atomic mass is 10.0. The number of nitrogens with zero attached hydrogens (tertiary/aromatic N) is 2. The molecule has 0 aromatic carbocycles. The van der Waals surface area contributed by atoms with Crippen molar-refractivity contribution in [2.24, 2.45) is 0 Å². The number of aryl methyl sites for hydroxylation is 2. The molecule has 0 aliphatic rings. The van der Waals surface area contributed by atoms with Crippen molar-refractivity contribution in [1.82, 2.24) is 9.97 Å². The van der Waals surface area contributed by atoms with Gasteiger partial charge in [-0.2, -0.15) is 0 Å². The van der Waals surface area contributed by atoms with E-state index in [1.165, 1.54) is 0 Å². The van der Waals surface area contributed by atoms with Crippen LogP contribution in [0.25, 0.3) is 0 Å². The lowest BCUT2D eigenvalue weighted by molar-refractivity contribution is 0.173. The third kappa shape index (κ3) is 2.84. The topological polar surface area (TPSA) is 72.0 Å². The highest BCUT2D eigenvalue weighted by Crippen LogP contribution is 2.20. The molecule has 0 aliphatic heterocycles. The molecule has 0 bridgehead atoms. The first-order valence-electron chi connectivity index (χ1n) is 5.88. The number of aliphatic hydroxyl groups excluding tert-OH is 1. The number of hydrogen-bond donors (Lipinski definition) is 2. The summed E-state index contributed by atoms with van der Waals surface area (Å²) >= 11 is 0. The van der Waals surface area contributed by atoms with Crippen LogP contribution in [0.2, 0.25) is 0 Å². The fourth-order valence-electron chi connectivity index (χ4n) is 2.02. The van der Waals surface area contributed by atoms with Crippen molar-refractivity contribution in [2.45, 2.75) is 26.4 Å². The van der Waals surface area contributed by atoms with Gasteiger partial charge in [0.05, 0.1) is 5.69 Å². The predicted molar refractivity (Wildman–Crippen MR) is 71.0 cm³/mol. The minimum Gasteiger partial charge on any atom is -0.386 e. The Kier molecular flexibility index (Phi) is 3.58. The van der Waals surface area contributed by atoms with E-state index in [4.69, 9.17) is 5.73 Å². The zero-order valence-corrected chi connectivity index (χ0v) is 10.6. The fourth-order valence-corrected chi connectivity index (χ4v) is 2.02. The first-order chi connectivity index (χ1) is 8.56. The summed E-state index contributed by atoms with van der Waals surface area (Å²) < 4.78 is 0. The Balaban J connectivity index is 2.19. The maximum atomic E-state index is 10.2. The summed E-state index contributed by atoms with van der Waals surface area (Å²) in [7, 11) is 0. The Morgan fingerprint density at radius 1 is 1.28 bits per heavy atom. The third-order valence-corrected chi connectivity index (χ3v) is 2.85. The van der Waals surface area contributed by atoms with Gasteiger partial charge in [-0.25, -0.2) is 4.98 Å². The Morgan fingerprint density at radius 2 is 2.06 bits per heavy atom. The normalized spacial score (nSPS) is 12.4. The van der Waals surface area contributed by atoms with E-state index in [0.29, 0.717) is 12.2 Å². The highest BCUT2D eigenvalue weighted by atomic mass is 16.3. The summed E-state index contributed by atoms with van der Waals surface area (Å²) in [6.45, 7) is 3.94. The Morgan fingerprint density at radius 3 is 2.72 bits per heavy atom. The van der Waals surface area contributed by atoms with Crippen LogP contribution in [-0.2, 0) is 6.42 Å². The summed E-state index contributed by atoms with van der Waals surface area (Å²) in [6.07, 6.45) is 3.29. The van der Waals surface area contributed by atoms with Crippen LogP contribution >= 0.6 is 0 Å². The molecule has 2 heterocycles. The van der Waals surface area contributed by atoms with Crippen molar-refractivity contribution in [3.05, 3.63) is 53.0 Å². The van der Waals surface area contributed by atoms with Gasteiger partial charge in [0.1, 0.15) is 11.9 Å². The van der Waals surface area contributed by atoms with Gasteiger partial charge in [-0.1, -0.05) is 6.07 Å². The van der Waals surface area contributed by atoms with Crippen molar-refractivity contribution in [3.63, 3.8) is 0 Å². The van der Waals surface area contributed by atoms with E-state index >= 15 is 0 Å². The lowest BCUT2D eigenvalue weighted by Crippen LogP contribution is -2.07. The number of anilines is 1. The Hall–Kier alpha value is -1.94. The van der Waals surface area contributed by atoms with Crippen LogP contribution in [0, 0.1) is 13.8 Å². The number of nitrogens with two attached hydrogens (primary N) is 1. The minimum absolute atomic E-state index is 0.466. The fraction of sp³-hybridized carbons (Fsp3) is 0.286. The van der Waals surface area contributed by atoms with E-state index in [0.717, 1.165) is 22.4 Å².